The Hall–Kier alpha value is -2.34. The lowest BCUT2D eigenvalue weighted by Gasteiger charge is -2.23. The van der Waals surface area contributed by atoms with Crippen LogP contribution in [0, 0.1) is 6.92 Å². The van der Waals surface area contributed by atoms with Crippen LogP contribution in [0.15, 0.2) is 36.7 Å². The number of aromatic nitrogens is 2. The SMILES string of the molecule is Cc1nccn1Cc1ccc(NC(=O)N2CCC[C@H]2CO)cc1. The summed E-state index contributed by atoms with van der Waals surface area (Å²) in [6.07, 6.45) is 5.56. The third-order valence-electron chi connectivity index (χ3n) is 4.33. The monoisotopic (exact) mass is 314 g/mol. The second-order valence-electron chi connectivity index (χ2n) is 5.90. The summed E-state index contributed by atoms with van der Waals surface area (Å²) in [6, 6.07) is 7.62. The predicted molar refractivity (Wildman–Crippen MR) is 88.3 cm³/mol. The van der Waals surface area contributed by atoms with Crippen molar-refractivity contribution < 1.29 is 9.90 Å². The van der Waals surface area contributed by atoms with E-state index in [1.165, 1.54) is 0 Å². The van der Waals surface area contributed by atoms with Gasteiger partial charge in [0.1, 0.15) is 5.82 Å². The van der Waals surface area contributed by atoms with E-state index in [9.17, 15) is 9.90 Å². The Morgan fingerprint density at radius 2 is 2.17 bits per heavy atom. The van der Waals surface area contributed by atoms with E-state index >= 15 is 0 Å². The lowest BCUT2D eigenvalue weighted by Crippen LogP contribution is -2.40. The molecule has 2 N–H and O–H groups in total. The summed E-state index contributed by atoms with van der Waals surface area (Å²) in [5, 5.41) is 12.2. The van der Waals surface area contributed by atoms with E-state index in [0.717, 1.165) is 36.5 Å². The van der Waals surface area contributed by atoms with Gasteiger partial charge >= 0.3 is 6.03 Å². The smallest absolute Gasteiger partial charge is 0.322 e. The van der Waals surface area contributed by atoms with E-state index in [0.29, 0.717) is 6.54 Å². The molecule has 1 aliphatic heterocycles. The molecule has 122 valence electrons. The van der Waals surface area contributed by atoms with Gasteiger partial charge in [0, 0.05) is 31.2 Å². The number of carbonyl (C=O) groups is 1. The fraction of sp³-hybridized carbons (Fsp3) is 0.412. The number of aryl methyl sites for hydroxylation is 1. The van der Waals surface area contributed by atoms with E-state index in [1.807, 2.05) is 37.4 Å². The summed E-state index contributed by atoms with van der Waals surface area (Å²) < 4.78 is 2.07. The number of urea groups is 1. The van der Waals surface area contributed by atoms with Gasteiger partial charge in [-0.15, -0.1) is 0 Å². The van der Waals surface area contributed by atoms with E-state index < -0.39 is 0 Å². The molecule has 2 heterocycles. The topological polar surface area (TPSA) is 70.4 Å². The van der Waals surface area contributed by atoms with Crippen LogP contribution in [0.2, 0.25) is 0 Å². The highest BCUT2D eigenvalue weighted by Gasteiger charge is 2.27. The molecule has 0 unspecified atom stereocenters. The van der Waals surface area contributed by atoms with Crippen molar-refractivity contribution in [3.63, 3.8) is 0 Å². The number of benzene rings is 1. The minimum Gasteiger partial charge on any atom is -0.394 e. The molecule has 0 saturated carbocycles. The molecule has 0 bridgehead atoms. The molecule has 1 aliphatic rings. The van der Waals surface area contributed by atoms with E-state index in [4.69, 9.17) is 0 Å². The number of anilines is 1. The molecule has 1 saturated heterocycles. The second-order valence-corrected chi connectivity index (χ2v) is 5.90. The van der Waals surface area contributed by atoms with Gasteiger partial charge in [-0.05, 0) is 37.5 Å². The van der Waals surface area contributed by atoms with Crippen LogP contribution < -0.4 is 5.32 Å². The lowest BCUT2D eigenvalue weighted by atomic mass is 10.2. The van der Waals surface area contributed by atoms with Crippen molar-refractivity contribution in [2.45, 2.75) is 32.4 Å². The van der Waals surface area contributed by atoms with Crippen LogP contribution in [0.25, 0.3) is 0 Å². The highest BCUT2D eigenvalue weighted by molar-refractivity contribution is 5.89. The van der Waals surface area contributed by atoms with E-state index in [2.05, 4.69) is 14.9 Å². The first-order valence-electron chi connectivity index (χ1n) is 7.92. The zero-order valence-corrected chi connectivity index (χ0v) is 13.3. The Kier molecular flexibility index (Phi) is 4.62. The van der Waals surface area contributed by atoms with Gasteiger partial charge < -0.3 is 19.9 Å². The minimum absolute atomic E-state index is 0.0244. The van der Waals surface area contributed by atoms with Gasteiger partial charge in [0.05, 0.1) is 12.6 Å². The number of rotatable bonds is 4. The molecule has 0 radical (unpaired) electrons. The number of amides is 2. The van der Waals surface area contributed by atoms with Crippen molar-refractivity contribution in [2.75, 3.05) is 18.5 Å². The molecule has 1 fully saturated rings. The molecule has 6 nitrogen and oxygen atoms in total. The fourth-order valence-electron chi connectivity index (χ4n) is 2.95. The van der Waals surface area contributed by atoms with Gasteiger partial charge in [-0.1, -0.05) is 12.1 Å². The second kappa shape index (κ2) is 6.83. The van der Waals surface area contributed by atoms with Gasteiger partial charge in [-0.25, -0.2) is 9.78 Å². The number of imidazole rings is 1. The van der Waals surface area contributed by atoms with Crippen LogP contribution in [-0.4, -0.2) is 44.8 Å². The molecular weight excluding hydrogens is 292 g/mol. The number of hydrogen-bond donors (Lipinski definition) is 2. The number of carbonyl (C=O) groups excluding carboxylic acids is 1. The maximum absolute atomic E-state index is 12.3. The minimum atomic E-state index is -0.139. The Bertz CT molecular complexity index is 665. The average molecular weight is 314 g/mol. The van der Waals surface area contributed by atoms with Crippen molar-refractivity contribution in [1.29, 1.82) is 0 Å². The Morgan fingerprint density at radius 3 is 2.83 bits per heavy atom. The van der Waals surface area contributed by atoms with Crippen LogP contribution in [0.4, 0.5) is 10.5 Å². The number of nitrogens with zero attached hydrogens (tertiary/aromatic N) is 3. The van der Waals surface area contributed by atoms with Crippen LogP contribution in [0.1, 0.15) is 24.2 Å². The van der Waals surface area contributed by atoms with Gasteiger partial charge in [0.2, 0.25) is 0 Å². The molecule has 1 aromatic carbocycles. The van der Waals surface area contributed by atoms with Crippen molar-refractivity contribution in [2.24, 2.45) is 0 Å². The standard InChI is InChI=1S/C17H22N4O2/c1-13-18-8-10-20(13)11-14-4-6-15(7-5-14)19-17(23)21-9-2-3-16(21)12-22/h4-8,10,16,22H,2-3,9,11-12H2,1H3,(H,19,23)/t16-/m0/s1. The maximum Gasteiger partial charge on any atom is 0.322 e. The average Bonchev–Trinajstić information content (AvgIpc) is 3.18. The number of aliphatic hydroxyl groups excluding tert-OH is 1. The van der Waals surface area contributed by atoms with Gasteiger partial charge in [0.25, 0.3) is 0 Å². The highest BCUT2D eigenvalue weighted by Crippen LogP contribution is 2.19. The molecule has 23 heavy (non-hydrogen) atoms. The summed E-state index contributed by atoms with van der Waals surface area (Å²) in [4.78, 5) is 18.2. The molecule has 2 amide bonds. The summed E-state index contributed by atoms with van der Waals surface area (Å²) in [6.45, 7) is 3.46. The zero-order valence-electron chi connectivity index (χ0n) is 13.3. The zero-order chi connectivity index (χ0) is 16.2. The number of hydrogen-bond acceptors (Lipinski definition) is 3. The number of aliphatic hydroxyl groups is 1. The lowest BCUT2D eigenvalue weighted by molar-refractivity contribution is 0.166. The number of likely N-dealkylation sites (tertiary alicyclic amines) is 1. The Balaban J connectivity index is 1.61. The van der Waals surface area contributed by atoms with Crippen molar-refractivity contribution in [1.82, 2.24) is 14.5 Å². The molecule has 0 spiro atoms. The van der Waals surface area contributed by atoms with E-state index in [1.54, 1.807) is 11.1 Å². The number of nitrogens with one attached hydrogen (secondary N) is 1. The normalized spacial score (nSPS) is 17.5. The van der Waals surface area contributed by atoms with Crippen molar-refractivity contribution in [3.8, 4) is 0 Å². The summed E-state index contributed by atoms with van der Waals surface area (Å²) in [5.74, 6) is 0.978. The quantitative estimate of drug-likeness (QED) is 0.909. The first-order valence-corrected chi connectivity index (χ1v) is 7.92. The van der Waals surface area contributed by atoms with Crippen LogP contribution in [0.5, 0.6) is 0 Å². The first-order chi connectivity index (χ1) is 11.2. The third-order valence-corrected chi connectivity index (χ3v) is 4.33. The third kappa shape index (κ3) is 3.53. The molecule has 0 aliphatic carbocycles. The molecule has 1 atom stereocenters. The maximum atomic E-state index is 12.3. The summed E-state index contributed by atoms with van der Waals surface area (Å²) >= 11 is 0. The van der Waals surface area contributed by atoms with Crippen molar-refractivity contribution in [3.05, 3.63) is 48.0 Å². The largest absolute Gasteiger partial charge is 0.394 e. The molecule has 3 rings (SSSR count). The summed E-state index contributed by atoms with van der Waals surface area (Å²) in [5.41, 5.74) is 1.92. The van der Waals surface area contributed by atoms with Crippen LogP contribution in [-0.2, 0) is 6.54 Å². The van der Waals surface area contributed by atoms with Crippen LogP contribution in [0.3, 0.4) is 0 Å². The predicted octanol–water partition coefficient (Wildman–Crippen LogP) is 2.23. The molecule has 6 heteroatoms. The van der Waals surface area contributed by atoms with Gasteiger partial charge in [0.15, 0.2) is 0 Å². The highest BCUT2D eigenvalue weighted by atomic mass is 16.3. The molecule has 1 aromatic heterocycles. The van der Waals surface area contributed by atoms with Crippen molar-refractivity contribution >= 4 is 11.7 Å². The first kappa shape index (κ1) is 15.6. The van der Waals surface area contributed by atoms with E-state index in [-0.39, 0.29) is 18.7 Å². The van der Waals surface area contributed by atoms with Gasteiger partial charge in [-0.2, -0.15) is 0 Å². The summed E-state index contributed by atoms with van der Waals surface area (Å²) in [7, 11) is 0. The fourth-order valence-corrected chi connectivity index (χ4v) is 2.95. The Labute approximate surface area is 135 Å². The van der Waals surface area contributed by atoms with Gasteiger partial charge in [-0.3, -0.25) is 0 Å². The van der Waals surface area contributed by atoms with Crippen LogP contribution >= 0.6 is 0 Å². The molecule has 2 aromatic rings. The molecular formula is C17H22N4O2. The Morgan fingerprint density at radius 1 is 1.39 bits per heavy atom.